The van der Waals surface area contributed by atoms with Gasteiger partial charge in [0, 0.05) is 29.5 Å². The lowest BCUT2D eigenvalue weighted by molar-refractivity contribution is -0.136. The van der Waals surface area contributed by atoms with E-state index in [0.717, 1.165) is 16.0 Å². The van der Waals surface area contributed by atoms with Crippen molar-refractivity contribution in [3.63, 3.8) is 0 Å². The summed E-state index contributed by atoms with van der Waals surface area (Å²) in [4.78, 5) is 25.4. The number of rotatable bonds is 5. The molecule has 0 bridgehead atoms. The standard InChI is InChI=1S/C19H20N4O2S/c1-13-9-14(2)11-15(10-13)22-19(25)18(24)20-12-16(17-5-3-8-26-17)23-7-4-6-21-23/h3-11,16H,12H2,1-2H3,(H,20,24)(H,22,25). The fraction of sp³-hybridized carbons (Fsp3) is 0.211. The van der Waals surface area contributed by atoms with E-state index in [-0.39, 0.29) is 12.6 Å². The van der Waals surface area contributed by atoms with Crippen LogP contribution >= 0.6 is 11.3 Å². The van der Waals surface area contributed by atoms with E-state index in [1.807, 2.05) is 61.8 Å². The molecule has 0 aliphatic carbocycles. The van der Waals surface area contributed by atoms with Crippen LogP contribution in [0.5, 0.6) is 0 Å². The molecule has 0 aliphatic rings. The third-order valence-electron chi connectivity index (χ3n) is 3.86. The Morgan fingerprint density at radius 3 is 2.54 bits per heavy atom. The number of benzene rings is 1. The second-order valence-corrected chi connectivity index (χ2v) is 7.04. The maximum absolute atomic E-state index is 12.2. The molecule has 1 atom stereocenters. The average molecular weight is 368 g/mol. The smallest absolute Gasteiger partial charge is 0.313 e. The molecule has 7 heteroatoms. The SMILES string of the molecule is Cc1cc(C)cc(NC(=O)C(=O)NCC(c2cccs2)n2cccn2)c1. The van der Waals surface area contributed by atoms with Gasteiger partial charge in [0.15, 0.2) is 0 Å². The van der Waals surface area contributed by atoms with Crippen LogP contribution in [0.4, 0.5) is 5.69 Å². The number of hydrogen-bond donors (Lipinski definition) is 2. The van der Waals surface area contributed by atoms with Crippen molar-refractivity contribution in [2.75, 3.05) is 11.9 Å². The lowest BCUT2D eigenvalue weighted by Crippen LogP contribution is -2.38. The van der Waals surface area contributed by atoms with E-state index in [4.69, 9.17) is 0 Å². The Balaban J connectivity index is 1.64. The van der Waals surface area contributed by atoms with Crippen molar-refractivity contribution in [1.29, 1.82) is 0 Å². The van der Waals surface area contributed by atoms with Crippen molar-refractivity contribution >= 4 is 28.8 Å². The van der Waals surface area contributed by atoms with Crippen molar-refractivity contribution < 1.29 is 9.59 Å². The second kappa shape index (κ2) is 7.97. The number of aryl methyl sites for hydroxylation is 2. The van der Waals surface area contributed by atoms with E-state index in [1.165, 1.54) is 0 Å². The van der Waals surface area contributed by atoms with Gasteiger partial charge >= 0.3 is 11.8 Å². The van der Waals surface area contributed by atoms with E-state index >= 15 is 0 Å². The van der Waals surface area contributed by atoms with E-state index < -0.39 is 11.8 Å². The van der Waals surface area contributed by atoms with Crippen molar-refractivity contribution in [3.05, 3.63) is 70.2 Å². The summed E-state index contributed by atoms with van der Waals surface area (Å²) in [6, 6.07) is 11.3. The van der Waals surface area contributed by atoms with Crippen LogP contribution in [0.3, 0.4) is 0 Å². The Hall–Kier alpha value is -2.93. The highest BCUT2D eigenvalue weighted by molar-refractivity contribution is 7.10. The molecule has 3 rings (SSSR count). The number of anilines is 1. The lowest BCUT2D eigenvalue weighted by atomic mass is 10.1. The van der Waals surface area contributed by atoms with Gasteiger partial charge in [-0.05, 0) is 54.6 Å². The third kappa shape index (κ3) is 4.37. The maximum atomic E-state index is 12.2. The van der Waals surface area contributed by atoms with Gasteiger partial charge in [0.2, 0.25) is 0 Å². The molecule has 0 saturated heterocycles. The van der Waals surface area contributed by atoms with E-state index in [0.29, 0.717) is 5.69 Å². The number of nitrogens with one attached hydrogen (secondary N) is 2. The van der Waals surface area contributed by atoms with Gasteiger partial charge in [-0.2, -0.15) is 5.10 Å². The molecule has 1 unspecified atom stereocenters. The van der Waals surface area contributed by atoms with Gasteiger partial charge in [0.25, 0.3) is 0 Å². The third-order valence-corrected chi connectivity index (χ3v) is 4.83. The molecule has 3 aromatic rings. The van der Waals surface area contributed by atoms with Crippen LogP contribution < -0.4 is 10.6 Å². The fourth-order valence-corrected chi connectivity index (χ4v) is 3.59. The van der Waals surface area contributed by atoms with Gasteiger partial charge in [-0.3, -0.25) is 14.3 Å². The van der Waals surface area contributed by atoms with E-state index in [9.17, 15) is 9.59 Å². The van der Waals surface area contributed by atoms with Gasteiger partial charge < -0.3 is 10.6 Å². The van der Waals surface area contributed by atoms with Crippen LogP contribution in [0.25, 0.3) is 0 Å². The first kappa shape index (κ1) is 17.9. The van der Waals surface area contributed by atoms with Gasteiger partial charge in [0.05, 0.1) is 0 Å². The number of nitrogens with zero attached hydrogens (tertiary/aromatic N) is 2. The summed E-state index contributed by atoms with van der Waals surface area (Å²) in [5.74, 6) is -1.35. The zero-order valence-electron chi connectivity index (χ0n) is 14.6. The summed E-state index contributed by atoms with van der Waals surface area (Å²) in [5.41, 5.74) is 2.67. The molecule has 1 aromatic carbocycles. The summed E-state index contributed by atoms with van der Waals surface area (Å²) < 4.78 is 1.77. The number of aromatic nitrogens is 2. The maximum Gasteiger partial charge on any atom is 0.313 e. The Morgan fingerprint density at radius 2 is 1.92 bits per heavy atom. The minimum absolute atomic E-state index is 0.150. The first-order valence-electron chi connectivity index (χ1n) is 8.23. The molecule has 0 spiro atoms. The predicted molar refractivity (Wildman–Crippen MR) is 102 cm³/mol. The molecule has 26 heavy (non-hydrogen) atoms. The topological polar surface area (TPSA) is 76.0 Å². The average Bonchev–Trinajstić information content (AvgIpc) is 3.28. The van der Waals surface area contributed by atoms with Gasteiger partial charge in [-0.25, -0.2) is 0 Å². The van der Waals surface area contributed by atoms with Crippen LogP contribution in [-0.4, -0.2) is 28.1 Å². The summed E-state index contributed by atoms with van der Waals surface area (Å²) in [6.07, 6.45) is 3.53. The molecular formula is C19H20N4O2S. The molecular weight excluding hydrogens is 348 g/mol. The summed E-state index contributed by atoms with van der Waals surface area (Å²) in [6.45, 7) is 4.16. The molecule has 6 nitrogen and oxygen atoms in total. The number of thiophene rings is 1. The van der Waals surface area contributed by atoms with Gasteiger partial charge in [0.1, 0.15) is 6.04 Å². The fourth-order valence-electron chi connectivity index (χ4n) is 2.77. The first-order valence-corrected chi connectivity index (χ1v) is 9.11. The summed E-state index contributed by atoms with van der Waals surface area (Å²) >= 11 is 1.58. The van der Waals surface area contributed by atoms with E-state index in [1.54, 1.807) is 22.2 Å². The van der Waals surface area contributed by atoms with Crippen LogP contribution in [0.1, 0.15) is 22.0 Å². The molecule has 2 N–H and O–H groups in total. The number of carbonyl (C=O) groups excluding carboxylic acids is 2. The van der Waals surface area contributed by atoms with Crippen molar-refractivity contribution in [1.82, 2.24) is 15.1 Å². The normalized spacial score (nSPS) is 11.8. The molecule has 0 aliphatic heterocycles. The number of amides is 2. The van der Waals surface area contributed by atoms with Gasteiger partial charge in [-0.1, -0.05) is 12.1 Å². The zero-order chi connectivity index (χ0) is 18.5. The quantitative estimate of drug-likeness (QED) is 0.680. The minimum Gasteiger partial charge on any atom is -0.345 e. The predicted octanol–water partition coefficient (Wildman–Crippen LogP) is 2.91. The Labute approximate surface area is 155 Å². The highest BCUT2D eigenvalue weighted by atomic mass is 32.1. The Bertz CT molecular complexity index is 834. The largest absolute Gasteiger partial charge is 0.345 e. The highest BCUT2D eigenvalue weighted by Crippen LogP contribution is 2.21. The second-order valence-electron chi connectivity index (χ2n) is 6.06. The van der Waals surface area contributed by atoms with Crippen molar-refractivity contribution in [2.24, 2.45) is 0 Å². The molecule has 134 valence electrons. The molecule has 2 amide bonds. The Kier molecular flexibility index (Phi) is 5.48. The van der Waals surface area contributed by atoms with Gasteiger partial charge in [-0.15, -0.1) is 11.3 Å². The molecule has 0 radical (unpaired) electrons. The first-order chi connectivity index (χ1) is 12.5. The number of hydrogen-bond acceptors (Lipinski definition) is 4. The molecule has 2 aromatic heterocycles. The van der Waals surface area contributed by atoms with E-state index in [2.05, 4.69) is 15.7 Å². The van der Waals surface area contributed by atoms with Crippen LogP contribution in [0.15, 0.2) is 54.2 Å². The zero-order valence-corrected chi connectivity index (χ0v) is 15.4. The monoisotopic (exact) mass is 368 g/mol. The summed E-state index contributed by atoms with van der Waals surface area (Å²) in [7, 11) is 0. The number of carbonyl (C=O) groups is 2. The van der Waals surface area contributed by atoms with Crippen LogP contribution in [-0.2, 0) is 9.59 Å². The van der Waals surface area contributed by atoms with Crippen LogP contribution in [0, 0.1) is 13.8 Å². The van der Waals surface area contributed by atoms with Crippen molar-refractivity contribution in [2.45, 2.75) is 19.9 Å². The van der Waals surface area contributed by atoms with Crippen molar-refractivity contribution in [3.8, 4) is 0 Å². The summed E-state index contributed by atoms with van der Waals surface area (Å²) in [5, 5.41) is 11.6. The minimum atomic E-state index is -0.680. The van der Waals surface area contributed by atoms with Crippen LogP contribution in [0.2, 0.25) is 0 Å². The molecule has 0 fully saturated rings. The molecule has 0 saturated carbocycles. The Morgan fingerprint density at radius 1 is 1.15 bits per heavy atom. The highest BCUT2D eigenvalue weighted by Gasteiger charge is 2.19. The molecule has 2 heterocycles. The lowest BCUT2D eigenvalue weighted by Gasteiger charge is -2.17.